The maximum atomic E-state index is 5.58. The second-order valence-electron chi connectivity index (χ2n) is 3.59. The molecule has 0 aliphatic rings. The molecule has 0 aliphatic carbocycles. The SMILES string of the molecule is COc1cc(C)ccc1-c1cc(CN)sn1. The summed E-state index contributed by atoms with van der Waals surface area (Å²) in [6.07, 6.45) is 0. The van der Waals surface area contributed by atoms with Crippen molar-refractivity contribution in [3.05, 3.63) is 34.7 Å². The van der Waals surface area contributed by atoms with Gasteiger partial charge in [-0.1, -0.05) is 6.07 Å². The predicted octanol–water partition coefficient (Wildman–Crippen LogP) is 2.59. The van der Waals surface area contributed by atoms with E-state index in [-0.39, 0.29) is 0 Å². The van der Waals surface area contributed by atoms with Crippen molar-refractivity contribution in [2.24, 2.45) is 5.73 Å². The largest absolute Gasteiger partial charge is 0.496 e. The summed E-state index contributed by atoms with van der Waals surface area (Å²) in [7, 11) is 1.68. The molecular formula is C12H14N2OS. The van der Waals surface area contributed by atoms with Gasteiger partial charge in [0.25, 0.3) is 0 Å². The predicted molar refractivity (Wildman–Crippen MR) is 66.7 cm³/mol. The van der Waals surface area contributed by atoms with Gasteiger partial charge in [-0.05, 0) is 42.2 Å². The number of benzene rings is 1. The molecule has 2 N–H and O–H groups in total. The van der Waals surface area contributed by atoms with E-state index in [2.05, 4.69) is 10.4 Å². The number of hydrogen-bond donors (Lipinski definition) is 1. The third kappa shape index (κ3) is 2.08. The fourth-order valence-corrected chi connectivity index (χ4v) is 2.15. The molecule has 0 fully saturated rings. The van der Waals surface area contributed by atoms with Crippen molar-refractivity contribution in [3.8, 4) is 17.0 Å². The molecule has 0 bridgehead atoms. The van der Waals surface area contributed by atoms with Crippen molar-refractivity contribution in [2.45, 2.75) is 13.5 Å². The van der Waals surface area contributed by atoms with Crippen LogP contribution in [0.4, 0.5) is 0 Å². The van der Waals surface area contributed by atoms with Crippen LogP contribution in [0.15, 0.2) is 24.3 Å². The van der Waals surface area contributed by atoms with E-state index in [0.717, 1.165) is 21.9 Å². The normalized spacial score (nSPS) is 10.4. The monoisotopic (exact) mass is 234 g/mol. The molecule has 4 heteroatoms. The van der Waals surface area contributed by atoms with Gasteiger partial charge in [-0.3, -0.25) is 0 Å². The molecule has 84 valence electrons. The van der Waals surface area contributed by atoms with Gasteiger partial charge in [-0.15, -0.1) is 0 Å². The Morgan fingerprint density at radius 2 is 2.19 bits per heavy atom. The third-order valence-electron chi connectivity index (χ3n) is 2.39. The molecule has 1 aromatic heterocycles. The summed E-state index contributed by atoms with van der Waals surface area (Å²) in [5.41, 5.74) is 8.70. The number of rotatable bonds is 3. The summed E-state index contributed by atoms with van der Waals surface area (Å²) in [4.78, 5) is 1.08. The van der Waals surface area contributed by atoms with E-state index in [9.17, 15) is 0 Å². The fraction of sp³-hybridized carbons (Fsp3) is 0.250. The minimum absolute atomic E-state index is 0.534. The van der Waals surface area contributed by atoms with Crippen molar-refractivity contribution < 1.29 is 4.74 Å². The number of hydrogen-bond acceptors (Lipinski definition) is 4. The highest BCUT2D eigenvalue weighted by atomic mass is 32.1. The molecule has 0 spiro atoms. The molecule has 0 atom stereocenters. The fourth-order valence-electron chi connectivity index (χ4n) is 1.55. The molecule has 3 nitrogen and oxygen atoms in total. The van der Waals surface area contributed by atoms with Crippen LogP contribution in [0.3, 0.4) is 0 Å². The highest BCUT2D eigenvalue weighted by Crippen LogP contribution is 2.31. The molecule has 1 aromatic carbocycles. The molecule has 0 radical (unpaired) electrons. The number of ether oxygens (including phenoxy) is 1. The van der Waals surface area contributed by atoms with Crippen molar-refractivity contribution in [3.63, 3.8) is 0 Å². The van der Waals surface area contributed by atoms with Gasteiger partial charge in [0.1, 0.15) is 5.75 Å². The quantitative estimate of drug-likeness (QED) is 0.888. The van der Waals surface area contributed by atoms with Gasteiger partial charge in [0, 0.05) is 17.0 Å². The molecule has 1 heterocycles. The lowest BCUT2D eigenvalue weighted by molar-refractivity contribution is 0.416. The Balaban J connectivity index is 2.46. The Labute approximate surface area is 99.0 Å². The lowest BCUT2D eigenvalue weighted by atomic mass is 10.1. The van der Waals surface area contributed by atoms with Crippen molar-refractivity contribution >= 4 is 11.5 Å². The summed E-state index contributed by atoms with van der Waals surface area (Å²) < 4.78 is 9.73. The average Bonchev–Trinajstić information content (AvgIpc) is 2.77. The van der Waals surface area contributed by atoms with E-state index < -0.39 is 0 Å². The van der Waals surface area contributed by atoms with Gasteiger partial charge in [0.2, 0.25) is 0 Å². The maximum absolute atomic E-state index is 5.58. The van der Waals surface area contributed by atoms with Gasteiger partial charge in [0.05, 0.1) is 12.8 Å². The minimum atomic E-state index is 0.534. The minimum Gasteiger partial charge on any atom is -0.496 e. The Hall–Kier alpha value is -1.39. The third-order valence-corrected chi connectivity index (χ3v) is 3.20. The highest BCUT2D eigenvalue weighted by molar-refractivity contribution is 7.06. The van der Waals surface area contributed by atoms with Crippen LogP contribution in [0, 0.1) is 6.92 Å². The standard InChI is InChI=1S/C12H14N2OS/c1-8-3-4-10(12(5-8)15-2)11-6-9(7-13)16-14-11/h3-6H,7,13H2,1-2H3. The Morgan fingerprint density at radius 3 is 2.81 bits per heavy atom. The smallest absolute Gasteiger partial charge is 0.128 e. The molecule has 0 aliphatic heterocycles. The molecule has 2 rings (SSSR count). The molecule has 0 saturated carbocycles. The molecule has 0 unspecified atom stereocenters. The second-order valence-corrected chi connectivity index (χ2v) is 4.48. The van der Waals surface area contributed by atoms with Gasteiger partial charge < -0.3 is 10.5 Å². The van der Waals surface area contributed by atoms with E-state index in [0.29, 0.717) is 6.54 Å². The van der Waals surface area contributed by atoms with Crippen LogP contribution >= 0.6 is 11.5 Å². The van der Waals surface area contributed by atoms with E-state index in [1.54, 1.807) is 7.11 Å². The summed E-state index contributed by atoms with van der Waals surface area (Å²) in [6.45, 7) is 2.57. The number of aromatic nitrogens is 1. The first-order chi connectivity index (χ1) is 7.74. The van der Waals surface area contributed by atoms with Gasteiger partial charge in [-0.25, -0.2) is 0 Å². The van der Waals surface area contributed by atoms with Crippen molar-refractivity contribution in [1.29, 1.82) is 0 Å². The number of methoxy groups -OCH3 is 1. The van der Waals surface area contributed by atoms with Gasteiger partial charge in [-0.2, -0.15) is 4.37 Å². The zero-order valence-corrected chi connectivity index (χ0v) is 10.2. The zero-order valence-electron chi connectivity index (χ0n) is 9.36. The molecule has 2 aromatic rings. The summed E-state index contributed by atoms with van der Waals surface area (Å²) in [6, 6.07) is 8.11. The van der Waals surface area contributed by atoms with Crippen molar-refractivity contribution in [2.75, 3.05) is 7.11 Å². The second kappa shape index (κ2) is 4.63. The van der Waals surface area contributed by atoms with E-state index in [1.807, 2.05) is 25.1 Å². The first kappa shape index (κ1) is 11.1. The van der Waals surface area contributed by atoms with E-state index in [1.165, 1.54) is 17.1 Å². The lowest BCUT2D eigenvalue weighted by Crippen LogP contribution is -1.92. The van der Waals surface area contributed by atoms with E-state index in [4.69, 9.17) is 10.5 Å². The average molecular weight is 234 g/mol. The zero-order chi connectivity index (χ0) is 11.5. The lowest BCUT2D eigenvalue weighted by Gasteiger charge is -2.06. The van der Waals surface area contributed by atoms with Gasteiger partial charge in [0.15, 0.2) is 0 Å². The van der Waals surface area contributed by atoms with Gasteiger partial charge >= 0.3 is 0 Å². The Morgan fingerprint density at radius 1 is 1.38 bits per heavy atom. The Bertz CT molecular complexity index is 494. The topological polar surface area (TPSA) is 48.1 Å². The maximum Gasteiger partial charge on any atom is 0.128 e. The van der Waals surface area contributed by atoms with E-state index >= 15 is 0 Å². The molecule has 0 amide bonds. The Kier molecular flexibility index (Phi) is 3.22. The van der Waals surface area contributed by atoms with Crippen molar-refractivity contribution in [1.82, 2.24) is 4.37 Å². The molecule has 16 heavy (non-hydrogen) atoms. The first-order valence-corrected chi connectivity index (χ1v) is 5.82. The number of aryl methyl sites for hydroxylation is 1. The molecular weight excluding hydrogens is 220 g/mol. The van der Waals surface area contributed by atoms with Crippen LogP contribution in [-0.4, -0.2) is 11.5 Å². The van der Waals surface area contributed by atoms with Crippen LogP contribution in [0.25, 0.3) is 11.3 Å². The van der Waals surface area contributed by atoms with Crippen LogP contribution in [0.2, 0.25) is 0 Å². The highest BCUT2D eigenvalue weighted by Gasteiger charge is 2.09. The molecule has 0 saturated heterocycles. The van der Waals surface area contributed by atoms with Crippen LogP contribution in [0.1, 0.15) is 10.4 Å². The van der Waals surface area contributed by atoms with Crippen LogP contribution < -0.4 is 10.5 Å². The van der Waals surface area contributed by atoms with Crippen LogP contribution in [-0.2, 0) is 6.54 Å². The summed E-state index contributed by atoms with van der Waals surface area (Å²) in [5.74, 6) is 0.855. The summed E-state index contributed by atoms with van der Waals surface area (Å²) >= 11 is 1.44. The number of nitrogens with zero attached hydrogens (tertiary/aromatic N) is 1. The number of nitrogens with two attached hydrogens (primary N) is 1. The summed E-state index contributed by atoms with van der Waals surface area (Å²) in [5, 5.41) is 0. The first-order valence-electron chi connectivity index (χ1n) is 5.05. The van der Waals surface area contributed by atoms with Crippen LogP contribution in [0.5, 0.6) is 5.75 Å².